The molecule has 0 aliphatic carbocycles. The molecule has 0 aliphatic heterocycles. The lowest BCUT2D eigenvalue weighted by atomic mass is 10.4. The van der Waals surface area contributed by atoms with Crippen LogP contribution in [-0.4, -0.2) is 23.0 Å². The summed E-state index contributed by atoms with van der Waals surface area (Å²) in [6.07, 6.45) is 2.70. The van der Waals surface area contributed by atoms with E-state index >= 15 is 0 Å². The number of anilines is 1. The van der Waals surface area contributed by atoms with Gasteiger partial charge in [-0.3, -0.25) is 4.72 Å². The molecule has 0 aliphatic rings. The van der Waals surface area contributed by atoms with Crippen molar-refractivity contribution >= 4 is 15.7 Å². The molecule has 2 rings (SSSR count). The van der Waals surface area contributed by atoms with E-state index in [4.69, 9.17) is 0 Å². The third-order valence-electron chi connectivity index (χ3n) is 2.46. The fourth-order valence-corrected chi connectivity index (χ4v) is 2.45. The fourth-order valence-electron chi connectivity index (χ4n) is 1.47. The van der Waals surface area contributed by atoms with Crippen LogP contribution in [0.4, 0.5) is 14.5 Å². The SMILES string of the molecule is CC(C)n1cnc(S(=O)(=O)Nc2cc(F)nc(F)c2)c1. The molecule has 0 unspecified atom stereocenters. The highest BCUT2D eigenvalue weighted by atomic mass is 32.2. The van der Waals surface area contributed by atoms with E-state index in [2.05, 4.69) is 9.97 Å². The van der Waals surface area contributed by atoms with E-state index in [0.29, 0.717) is 0 Å². The Morgan fingerprint density at radius 2 is 1.85 bits per heavy atom. The molecule has 0 saturated heterocycles. The Labute approximate surface area is 114 Å². The smallest absolute Gasteiger partial charge is 0.280 e. The van der Waals surface area contributed by atoms with Crippen LogP contribution in [0.15, 0.2) is 29.7 Å². The molecule has 0 spiro atoms. The summed E-state index contributed by atoms with van der Waals surface area (Å²) in [7, 11) is -4.00. The molecule has 2 aromatic rings. The maximum atomic E-state index is 12.9. The summed E-state index contributed by atoms with van der Waals surface area (Å²) >= 11 is 0. The third kappa shape index (κ3) is 3.10. The van der Waals surface area contributed by atoms with Gasteiger partial charge in [-0.15, -0.1) is 0 Å². The predicted octanol–water partition coefficient (Wildman–Crippen LogP) is 1.94. The highest BCUT2D eigenvalue weighted by Gasteiger charge is 2.19. The van der Waals surface area contributed by atoms with E-state index in [1.807, 2.05) is 18.6 Å². The summed E-state index contributed by atoms with van der Waals surface area (Å²) in [4.78, 5) is 6.64. The van der Waals surface area contributed by atoms with E-state index in [9.17, 15) is 17.2 Å². The number of aromatic nitrogens is 3. The van der Waals surface area contributed by atoms with Gasteiger partial charge < -0.3 is 4.57 Å². The zero-order chi connectivity index (χ0) is 14.9. The van der Waals surface area contributed by atoms with E-state index in [1.54, 1.807) is 4.57 Å². The topological polar surface area (TPSA) is 76.9 Å². The van der Waals surface area contributed by atoms with E-state index in [-0.39, 0.29) is 16.8 Å². The molecule has 0 radical (unpaired) electrons. The average Bonchev–Trinajstić information content (AvgIpc) is 2.76. The van der Waals surface area contributed by atoms with Gasteiger partial charge >= 0.3 is 0 Å². The first-order valence-corrected chi connectivity index (χ1v) is 7.15. The van der Waals surface area contributed by atoms with Crippen LogP contribution in [0.25, 0.3) is 0 Å². The Bertz CT molecular complexity index is 708. The summed E-state index contributed by atoms with van der Waals surface area (Å²) in [6.45, 7) is 3.72. The van der Waals surface area contributed by atoms with Gasteiger partial charge in [0.05, 0.1) is 12.0 Å². The van der Waals surface area contributed by atoms with Crippen molar-refractivity contribution in [2.24, 2.45) is 0 Å². The first-order valence-electron chi connectivity index (χ1n) is 5.67. The Morgan fingerprint density at radius 1 is 1.25 bits per heavy atom. The molecule has 6 nitrogen and oxygen atoms in total. The van der Waals surface area contributed by atoms with Crippen molar-refractivity contribution in [2.45, 2.75) is 24.9 Å². The average molecular weight is 302 g/mol. The van der Waals surface area contributed by atoms with Crippen LogP contribution in [0.5, 0.6) is 0 Å². The van der Waals surface area contributed by atoms with Crippen LogP contribution in [-0.2, 0) is 10.0 Å². The van der Waals surface area contributed by atoms with Crippen molar-refractivity contribution in [1.82, 2.24) is 14.5 Å². The minimum atomic E-state index is -4.00. The lowest BCUT2D eigenvalue weighted by molar-refractivity contribution is 0.514. The van der Waals surface area contributed by atoms with Gasteiger partial charge in [0.2, 0.25) is 11.9 Å². The molecule has 0 bridgehead atoms. The Morgan fingerprint density at radius 3 is 2.35 bits per heavy atom. The molecule has 2 aromatic heterocycles. The van der Waals surface area contributed by atoms with Crippen LogP contribution in [0.2, 0.25) is 0 Å². The highest BCUT2D eigenvalue weighted by molar-refractivity contribution is 7.92. The lowest BCUT2D eigenvalue weighted by Crippen LogP contribution is -2.14. The molecule has 108 valence electrons. The van der Waals surface area contributed by atoms with Crippen molar-refractivity contribution in [1.29, 1.82) is 0 Å². The second-order valence-corrected chi connectivity index (χ2v) is 5.99. The van der Waals surface area contributed by atoms with Crippen LogP contribution in [0, 0.1) is 11.9 Å². The van der Waals surface area contributed by atoms with Crippen LogP contribution >= 0.6 is 0 Å². The predicted molar refractivity (Wildman–Crippen MR) is 67.6 cm³/mol. The first kappa shape index (κ1) is 14.4. The largest absolute Gasteiger partial charge is 0.334 e. The number of hydrogen-bond donors (Lipinski definition) is 1. The molecule has 2 heterocycles. The van der Waals surface area contributed by atoms with Crippen LogP contribution in [0.1, 0.15) is 19.9 Å². The normalized spacial score (nSPS) is 11.8. The zero-order valence-corrected chi connectivity index (χ0v) is 11.5. The summed E-state index contributed by atoms with van der Waals surface area (Å²) in [5, 5.41) is -0.233. The van der Waals surface area contributed by atoms with Crippen molar-refractivity contribution in [3.05, 3.63) is 36.6 Å². The molecular weight excluding hydrogens is 290 g/mol. The van der Waals surface area contributed by atoms with Gasteiger partial charge in [-0.05, 0) is 13.8 Å². The maximum Gasteiger partial charge on any atom is 0.280 e. The highest BCUT2D eigenvalue weighted by Crippen LogP contribution is 2.17. The van der Waals surface area contributed by atoms with Gasteiger partial charge in [-0.1, -0.05) is 0 Å². The molecular formula is C11H12F2N4O2S. The van der Waals surface area contributed by atoms with Crippen LogP contribution in [0.3, 0.4) is 0 Å². The summed E-state index contributed by atoms with van der Waals surface area (Å²) in [5.74, 6) is -2.23. The molecule has 0 aromatic carbocycles. The Kier molecular flexibility index (Phi) is 3.71. The molecule has 1 N–H and O–H groups in total. The fraction of sp³-hybridized carbons (Fsp3) is 0.273. The Hall–Kier alpha value is -2.03. The van der Waals surface area contributed by atoms with Gasteiger partial charge in [0.25, 0.3) is 10.0 Å². The van der Waals surface area contributed by atoms with E-state index in [1.165, 1.54) is 12.5 Å². The first-order chi connectivity index (χ1) is 9.28. The van der Waals surface area contributed by atoms with Gasteiger partial charge in [0.15, 0.2) is 5.03 Å². The van der Waals surface area contributed by atoms with Crippen molar-refractivity contribution < 1.29 is 17.2 Å². The minimum Gasteiger partial charge on any atom is -0.334 e. The molecule has 9 heteroatoms. The number of halogens is 2. The summed E-state index contributed by atoms with van der Waals surface area (Å²) in [5.41, 5.74) is -0.255. The number of nitrogens with zero attached hydrogens (tertiary/aromatic N) is 3. The van der Waals surface area contributed by atoms with E-state index in [0.717, 1.165) is 12.1 Å². The molecule has 0 saturated carbocycles. The van der Waals surface area contributed by atoms with Crippen molar-refractivity contribution in [3.8, 4) is 0 Å². The number of nitrogens with one attached hydrogen (secondary N) is 1. The molecule has 0 amide bonds. The second-order valence-electron chi connectivity index (χ2n) is 4.36. The Balaban J connectivity index is 2.30. The van der Waals surface area contributed by atoms with E-state index < -0.39 is 21.9 Å². The van der Waals surface area contributed by atoms with Gasteiger partial charge in [0.1, 0.15) is 0 Å². The van der Waals surface area contributed by atoms with Crippen molar-refractivity contribution in [3.63, 3.8) is 0 Å². The number of hydrogen-bond acceptors (Lipinski definition) is 4. The zero-order valence-electron chi connectivity index (χ0n) is 10.7. The lowest BCUT2D eigenvalue weighted by Gasteiger charge is -2.06. The van der Waals surface area contributed by atoms with Crippen molar-refractivity contribution in [2.75, 3.05) is 4.72 Å². The number of pyridine rings is 1. The third-order valence-corrected chi connectivity index (χ3v) is 3.73. The summed E-state index contributed by atoms with van der Waals surface area (Å²) in [6, 6.07) is 1.60. The minimum absolute atomic E-state index is 0.0438. The van der Waals surface area contributed by atoms with Gasteiger partial charge in [0, 0.05) is 24.4 Å². The number of sulfonamides is 1. The molecule has 0 fully saturated rings. The summed E-state index contributed by atoms with van der Waals surface area (Å²) < 4.78 is 53.5. The molecule has 20 heavy (non-hydrogen) atoms. The van der Waals surface area contributed by atoms with Gasteiger partial charge in [-0.25, -0.2) is 4.98 Å². The monoisotopic (exact) mass is 302 g/mol. The molecule has 0 atom stereocenters. The maximum absolute atomic E-state index is 12.9. The second kappa shape index (κ2) is 5.16. The van der Waals surface area contributed by atoms with Gasteiger partial charge in [-0.2, -0.15) is 22.2 Å². The number of rotatable bonds is 4. The quantitative estimate of drug-likeness (QED) is 0.876. The number of imidazole rings is 1. The van der Waals surface area contributed by atoms with Crippen LogP contribution < -0.4 is 4.72 Å². The standard InChI is InChI=1S/C11H12F2N4O2S/c1-7(2)17-5-11(14-6-17)20(18,19)16-8-3-9(12)15-10(13)4-8/h3-7H,1-2H3,(H,15,16).